The standard InChI is InChI=1S/C20H23N3O5/c1-23(2)15-6-4-14(5-7-15)22-20(26)19(25)21-10-9-16(24)13-3-8-17-18(11-13)28-12-27-17/h3-8,11,16,24H,9-10,12H2,1-2H3,(H,21,25)(H,22,26). The number of ether oxygens (including phenoxy) is 2. The van der Waals surface area contributed by atoms with Crippen LogP contribution in [0.15, 0.2) is 42.5 Å². The van der Waals surface area contributed by atoms with Crippen LogP contribution in [0.4, 0.5) is 11.4 Å². The third-order valence-electron chi connectivity index (χ3n) is 4.33. The molecule has 1 aliphatic rings. The maximum atomic E-state index is 12.0. The van der Waals surface area contributed by atoms with Crippen molar-refractivity contribution < 1.29 is 24.2 Å². The number of amides is 2. The van der Waals surface area contributed by atoms with Gasteiger partial charge < -0.3 is 30.1 Å². The van der Waals surface area contributed by atoms with E-state index < -0.39 is 17.9 Å². The highest BCUT2D eigenvalue weighted by Gasteiger charge is 2.18. The summed E-state index contributed by atoms with van der Waals surface area (Å²) in [7, 11) is 3.83. The Bertz CT molecular complexity index is 851. The van der Waals surface area contributed by atoms with Crippen LogP contribution in [0.25, 0.3) is 0 Å². The van der Waals surface area contributed by atoms with Gasteiger partial charge in [0.25, 0.3) is 0 Å². The number of rotatable bonds is 6. The molecule has 0 radical (unpaired) electrons. The van der Waals surface area contributed by atoms with Gasteiger partial charge in [0.15, 0.2) is 11.5 Å². The van der Waals surface area contributed by atoms with Gasteiger partial charge in [-0.3, -0.25) is 9.59 Å². The van der Waals surface area contributed by atoms with Crippen molar-refractivity contribution in [1.82, 2.24) is 5.32 Å². The molecule has 2 aromatic rings. The second-order valence-electron chi connectivity index (χ2n) is 6.57. The van der Waals surface area contributed by atoms with Crippen LogP contribution in [0.5, 0.6) is 11.5 Å². The van der Waals surface area contributed by atoms with Gasteiger partial charge >= 0.3 is 11.8 Å². The highest BCUT2D eigenvalue weighted by Crippen LogP contribution is 2.34. The number of hydrogen-bond donors (Lipinski definition) is 3. The molecule has 8 heteroatoms. The molecule has 28 heavy (non-hydrogen) atoms. The first-order valence-electron chi connectivity index (χ1n) is 8.88. The Kier molecular flexibility index (Phi) is 6.00. The van der Waals surface area contributed by atoms with Gasteiger partial charge in [-0.25, -0.2) is 0 Å². The summed E-state index contributed by atoms with van der Waals surface area (Å²) in [4.78, 5) is 25.9. The Morgan fingerprint density at radius 1 is 1.07 bits per heavy atom. The first-order chi connectivity index (χ1) is 13.4. The van der Waals surface area contributed by atoms with Gasteiger partial charge in [-0.2, -0.15) is 0 Å². The first-order valence-corrected chi connectivity index (χ1v) is 8.88. The van der Waals surface area contributed by atoms with Crippen molar-refractivity contribution in [2.45, 2.75) is 12.5 Å². The molecular formula is C20H23N3O5. The van der Waals surface area contributed by atoms with Crippen LogP contribution < -0.4 is 25.0 Å². The van der Waals surface area contributed by atoms with E-state index in [1.807, 2.05) is 31.1 Å². The number of aliphatic hydroxyl groups excluding tert-OH is 1. The van der Waals surface area contributed by atoms with Gasteiger partial charge in [0.05, 0.1) is 6.10 Å². The summed E-state index contributed by atoms with van der Waals surface area (Å²) in [6.07, 6.45) is -0.535. The predicted molar refractivity (Wildman–Crippen MR) is 105 cm³/mol. The van der Waals surface area contributed by atoms with Crippen molar-refractivity contribution in [2.75, 3.05) is 37.6 Å². The molecule has 2 amide bonds. The monoisotopic (exact) mass is 385 g/mol. The lowest BCUT2D eigenvalue weighted by Crippen LogP contribution is -2.36. The largest absolute Gasteiger partial charge is 0.454 e. The molecule has 2 aromatic carbocycles. The molecule has 0 fully saturated rings. The molecule has 1 aliphatic heterocycles. The van der Waals surface area contributed by atoms with Gasteiger partial charge in [-0.1, -0.05) is 6.07 Å². The third kappa shape index (κ3) is 4.72. The van der Waals surface area contributed by atoms with E-state index in [-0.39, 0.29) is 19.8 Å². The molecule has 1 atom stereocenters. The highest BCUT2D eigenvalue weighted by atomic mass is 16.7. The molecule has 0 saturated carbocycles. The number of carbonyl (C=O) groups is 2. The summed E-state index contributed by atoms with van der Waals surface area (Å²) in [6.45, 7) is 0.319. The minimum atomic E-state index is -0.795. The van der Waals surface area contributed by atoms with Crippen LogP contribution in [0, 0.1) is 0 Å². The van der Waals surface area contributed by atoms with Gasteiger partial charge in [0.2, 0.25) is 6.79 Å². The van der Waals surface area contributed by atoms with Crippen LogP contribution in [-0.4, -0.2) is 44.4 Å². The molecular weight excluding hydrogens is 362 g/mol. The number of anilines is 2. The number of nitrogens with zero attached hydrogens (tertiary/aromatic N) is 1. The Morgan fingerprint density at radius 2 is 1.79 bits per heavy atom. The fraction of sp³-hybridized carbons (Fsp3) is 0.300. The molecule has 0 bridgehead atoms. The summed E-state index contributed by atoms with van der Waals surface area (Å²) >= 11 is 0. The van der Waals surface area contributed by atoms with Crippen molar-refractivity contribution in [1.29, 1.82) is 0 Å². The van der Waals surface area contributed by atoms with Gasteiger partial charge in [-0.05, 0) is 48.4 Å². The average molecular weight is 385 g/mol. The zero-order valence-corrected chi connectivity index (χ0v) is 15.8. The Hall–Kier alpha value is -3.26. The number of hydrogen-bond acceptors (Lipinski definition) is 6. The molecule has 3 N–H and O–H groups in total. The Labute approximate surface area is 163 Å². The second kappa shape index (κ2) is 8.62. The summed E-state index contributed by atoms with van der Waals surface area (Å²) in [5, 5.41) is 15.3. The smallest absolute Gasteiger partial charge is 0.313 e. The van der Waals surface area contributed by atoms with Gasteiger partial charge in [-0.15, -0.1) is 0 Å². The molecule has 1 heterocycles. The van der Waals surface area contributed by atoms with E-state index in [0.717, 1.165) is 5.69 Å². The maximum Gasteiger partial charge on any atom is 0.313 e. The zero-order chi connectivity index (χ0) is 20.1. The number of nitrogens with one attached hydrogen (secondary N) is 2. The number of aliphatic hydroxyl groups is 1. The van der Waals surface area contributed by atoms with Gasteiger partial charge in [0, 0.05) is 32.0 Å². The van der Waals surface area contributed by atoms with E-state index in [1.54, 1.807) is 30.3 Å². The third-order valence-corrected chi connectivity index (χ3v) is 4.33. The van der Waals surface area contributed by atoms with Crippen molar-refractivity contribution in [3.05, 3.63) is 48.0 Å². The molecule has 0 aromatic heterocycles. The predicted octanol–water partition coefficient (Wildman–Crippen LogP) is 1.66. The Morgan fingerprint density at radius 3 is 2.50 bits per heavy atom. The maximum absolute atomic E-state index is 12.0. The molecule has 8 nitrogen and oxygen atoms in total. The van der Waals surface area contributed by atoms with E-state index in [1.165, 1.54) is 0 Å². The molecule has 1 unspecified atom stereocenters. The van der Waals surface area contributed by atoms with Gasteiger partial charge in [0.1, 0.15) is 0 Å². The second-order valence-corrected chi connectivity index (χ2v) is 6.57. The van der Waals surface area contributed by atoms with Crippen LogP contribution in [0.2, 0.25) is 0 Å². The fourth-order valence-corrected chi connectivity index (χ4v) is 2.72. The lowest BCUT2D eigenvalue weighted by atomic mass is 10.1. The zero-order valence-electron chi connectivity index (χ0n) is 15.8. The summed E-state index contributed by atoms with van der Waals surface area (Å²) < 4.78 is 10.5. The molecule has 3 rings (SSSR count). The minimum absolute atomic E-state index is 0.154. The number of carbonyl (C=O) groups excluding carboxylic acids is 2. The van der Waals surface area contributed by atoms with Crippen molar-refractivity contribution in [2.24, 2.45) is 0 Å². The van der Waals surface area contributed by atoms with Crippen molar-refractivity contribution in [3.8, 4) is 11.5 Å². The summed E-state index contributed by atoms with van der Waals surface area (Å²) in [5.74, 6) is -0.287. The molecule has 0 saturated heterocycles. The minimum Gasteiger partial charge on any atom is -0.454 e. The van der Waals surface area contributed by atoms with E-state index in [4.69, 9.17) is 9.47 Å². The van der Waals surface area contributed by atoms with Crippen molar-refractivity contribution >= 4 is 23.2 Å². The molecule has 148 valence electrons. The summed E-state index contributed by atoms with van der Waals surface area (Å²) in [5.41, 5.74) is 2.18. The Balaban J connectivity index is 1.45. The number of benzene rings is 2. The van der Waals surface area contributed by atoms with Crippen LogP contribution in [0.3, 0.4) is 0 Å². The van der Waals surface area contributed by atoms with E-state index in [2.05, 4.69) is 10.6 Å². The molecule has 0 spiro atoms. The van der Waals surface area contributed by atoms with Crippen LogP contribution in [-0.2, 0) is 9.59 Å². The molecule has 0 aliphatic carbocycles. The van der Waals surface area contributed by atoms with Crippen molar-refractivity contribution in [3.63, 3.8) is 0 Å². The number of fused-ring (bicyclic) bond motifs is 1. The lowest BCUT2D eigenvalue weighted by molar-refractivity contribution is -0.136. The normalized spacial score (nSPS) is 13.0. The average Bonchev–Trinajstić information content (AvgIpc) is 3.16. The highest BCUT2D eigenvalue weighted by molar-refractivity contribution is 6.39. The topological polar surface area (TPSA) is 100 Å². The lowest BCUT2D eigenvalue weighted by Gasteiger charge is -2.13. The first kappa shape index (κ1) is 19.5. The quantitative estimate of drug-likeness (QED) is 0.654. The van der Waals surface area contributed by atoms with E-state index in [9.17, 15) is 14.7 Å². The van der Waals surface area contributed by atoms with Crippen LogP contribution >= 0.6 is 0 Å². The van der Waals surface area contributed by atoms with E-state index >= 15 is 0 Å². The fourth-order valence-electron chi connectivity index (χ4n) is 2.72. The summed E-state index contributed by atoms with van der Waals surface area (Å²) in [6, 6.07) is 12.3. The SMILES string of the molecule is CN(C)c1ccc(NC(=O)C(=O)NCCC(O)c2ccc3c(c2)OCO3)cc1. The van der Waals surface area contributed by atoms with E-state index in [0.29, 0.717) is 22.7 Å². The van der Waals surface area contributed by atoms with Crippen LogP contribution in [0.1, 0.15) is 18.1 Å².